The second-order valence-corrected chi connectivity index (χ2v) is 4.86. The van der Waals surface area contributed by atoms with Gasteiger partial charge in [0.1, 0.15) is 5.82 Å². The van der Waals surface area contributed by atoms with Gasteiger partial charge in [-0.25, -0.2) is 9.07 Å². The SMILES string of the molecule is CC(Nc1ccccc1-n1cccn1)c1ccccc1F. The van der Waals surface area contributed by atoms with Crippen molar-refractivity contribution in [3.63, 3.8) is 0 Å². The normalized spacial score (nSPS) is 12.1. The average Bonchev–Trinajstić information content (AvgIpc) is 3.02. The van der Waals surface area contributed by atoms with Crippen molar-refractivity contribution in [3.05, 3.63) is 78.4 Å². The summed E-state index contributed by atoms with van der Waals surface area (Å²) in [6, 6.07) is 16.4. The molecule has 4 heteroatoms. The monoisotopic (exact) mass is 281 g/mol. The second-order valence-electron chi connectivity index (χ2n) is 4.86. The third-order valence-electron chi connectivity index (χ3n) is 3.40. The van der Waals surface area contributed by atoms with Gasteiger partial charge in [0.2, 0.25) is 0 Å². The number of hydrogen-bond acceptors (Lipinski definition) is 2. The van der Waals surface area contributed by atoms with Gasteiger partial charge in [-0.05, 0) is 31.2 Å². The van der Waals surface area contributed by atoms with Gasteiger partial charge in [-0.3, -0.25) is 0 Å². The number of halogens is 1. The highest BCUT2D eigenvalue weighted by molar-refractivity contribution is 5.61. The van der Waals surface area contributed by atoms with Crippen LogP contribution >= 0.6 is 0 Å². The van der Waals surface area contributed by atoms with E-state index in [9.17, 15) is 4.39 Å². The quantitative estimate of drug-likeness (QED) is 0.777. The first-order chi connectivity index (χ1) is 10.3. The van der Waals surface area contributed by atoms with E-state index in [0.717, 1.165) is 11.4 Å². The molecule has 1 heterocycles. The fourth-order valence-electron chi connectivity index (χ4n) is 2.34. The molecule has 0 saturated heterocycles. The summed E-state index contributed by atoms with van der Waals surface area (Å²) in [4.78, 5) is 0. The summed E-state index contributed by atoms with van der Waals surface area (Å²) in [7, 11) is 0. The smallest absolute Gasteiger partial charge is 0.128 e. The molecule has 0 spiro atoms. The summed E-state index contributed by atoms with van der Waals surface area (Å²) >= 11 is 0. The summed E-state index contributed by atoms with van der Waals surface area (Å²) in [6.07, 6.45) is 3.62. The molecular weight excluding hydrogens is 265 g/mol. The molecule has 1 aromatic heterocycles. The number of para-hydroxylation sites is 2. The molecule has 1 N–H and O–H groups in total. The summed E-state index contributed by atoms with van der Waals surface area (Å²) in [5.41, 5.74) is 2.50. The molecule has 21 heavy (non-hydrogen) atoms. The highest BCUT2D eigenvalue weighted by atomic mass is 19.1. The van der Waals surface area contributed by atoms with Gasteiger partial charge < -0.3 is 5.32 Å². The van der Waals surface area contributed by atoms with Crippen molar-refractivity contribution in [1.29, 1.82) is 0 Å². The van der Waals surface area contributed by atoms with Gasteiger partial charge in [0, 0.05) is 18.0 Å². The van der Waals surface area contributed by atoms with Crippen molar-refractivity contribution in [1.82, 2.24) is 9.78 Å². The summed E-state index contributed by atoms with van der Waals surface area (Å²) < 4.78 is 15.6. The predicted molar refractivity (Wildman–Crippen MR) is 82.0 cm³/mol. The Morgan fingerprint density at radius 1 is 1.05 bits per heavy atom. The van der Waals surface area contributed by atoms with Crippen LogP contribution in [0.25, 0.3) is 5.69 Å². The molecule has 3 aromatic rings. The van der Waals surface area contributed by atoms with Crippen LogP contribution in [0.3, 0.4) is 0 Å². The van der Waals surface area contributed by atoms with E-state index >= 15 is 0 Å². The van der Waals surface area contributed by atoms with Gasteiger partial charge in [-0.1, -0.05) is 30.3 Å². The van der Waals surface area contributed by atoms with Crippen molar-refractivity contribution in [2.45, 2.75) is 13.0 Å². The lowest BCUT2D eigenvalue weighted by Gasteiger charge is -2.19. The maximum Gasteiger partial charge on any atom is 0.128 e. The van der Waals surface area contributed by atoms with Crippen LogP contribution in [-0.2, 0) is 0 Å². The maximum absolute atomic E-state index is 13.9. The molecule has 3 rings (SSSR count). The summed E-state index contributed by atoms with van der Waals surface area (Å²) in [6.45, 7) is 1.94. The second kappa shape index (κ2) is 5.79. The largest absolute Gasteiger partial charge is 0.377 e. The molecule has 0 aliphatic heterocycles. The van der Waals surface area contributed by atoms with Crippen LogP contribution < -0.4 is 5.32 Å². The summed E-state index contributed by atoms with van der Waals surface area (Å²) in [5, 5.41) is 7.60. The summed E-state index contributed by atoms with van der Waals surface area (Å²) in [5.74, 6) is -0.200. The molecule has 3 nitrogen and oxygen atoms in total. The lowest BCUT2D eigenvalue weighted by Crippen LogP contribution is -2.11. The molecule has 2 aromatic carbocycles. The van der Waals surface area contributed by atoms with E-state index in [4.69, 9.17) is 0 Å². The lowest BCUT2D eigenvalue weighted by molar-refractivity contribution is 0.600. The Morgan fingerprint density at radius 3 is 2.57 bits per heavy atom. The van der Waals surface area contributed by atoms with Crippen LogP contribution in [0.2, 0.25) is 0 Å². The molecule has 0 radical (unpaired) electrons. The van der Waals surface area contributed by atoms with Crippen molar-refractivity contribution in [3.8, 4) is 5.69 Å². The zero-order valence-corrected chi connectivity index (χ0v) is 11.7. The van der Waals surface area contributed by atoms with E-state index < -0.39 is 0 Å². The van der Waals surface area contributed by atoms with Gasteiger partial charge in [-0.2, -0.15) is 5.10 Å². The number of anilines is 1. The zero-order chi connectivity index (χ0) is 14.7. The number of aromatic nitrogens is 2. The van der Waals surface area contributed by atoms with E-state index in [0.29, 0.717) is 5.56 Å². The third-order valence-corrected chi connectivity index (χ3v) is 3.40. The Morgan fingerprint density at radius 2 is 1.81 bits per heavy atom. The molecule has 0 aliphatic carbocycles. The molecular formula is C17H16FN3. The molecule has 106 valence electrons. The zero-order valence-electron chi connectivity index (χ0n) is 11.7. The standard InChI is InChI=1S/C17H16FN3/c1-13(14-7-2-3-8-15(14)18)20-16-9-4-5-10-17(16)21-12-6-11-19-21/h2-13,20H,1H3. The number of benzene rings is 2. The van der Waals surface area contributed by atoms with E-state index in [1.807, 2.05) is 49.5 Å². The van der Waals surface area contributed by atoms with Crippen molar-refractivity contribution >= 4 is 5.69 Å². The first-order valence-corrected chi connectivity index (χ1v) is 6.86. The molecule has 1 unspecified atom stereocenters. The highest BCUT2D eigenvalue weighted by Gasteiger charge is 2.12. The van der Waals surface area contributed by atoms with E-state index in [1.54, 1.807) is 23.0 Å². The number of nitrogens with one attached hydrogen (secondary N) is 1. The van der Waals surface area contributed by atoms with Crippen LogP contribution in [0, 0.1) is 5.82 Å². The molecule has 0 saturated carbocycles. The first kappa shape index (κ1) is 13.4. The van der Waals surface area contributed by atoms with Gasteiger partial charge in [0.15, 0.2) is 0 Å². The first-order valence-electron chi connectivity index (χ1n) is 6.86. The van der Waals surface area contributed by atoms with E-state index in [2.05, 4.69) is 10.4 Å². The van der Waals surface area contributed by atoms with Crippen molar-refractivity contribution < 1.29 is 4.39 Å². The van der Waals surface area contributed by atoms with Crippen LogP contribution in [0.1, 0.15) is 18.5 Å². The fraction of sp³-hybridized carbons (Fsp3) is 0.118. The van der Waals surface area contributed by atoms with Crippen LogP contribution in [0.15, 0.2) is 67.0 Å². The van der Waals surface area contributed by atoms with Gasteiger partial charge in [-0.15, -0.1) is 0 Å². The molecule has 0 amide bonds. The van der Waals surface area contributed by atoms with Gasteiger partial charge >= 0.3 is 0 Å². The van der Waals surface area contributed by atoms with Crippen LogP contribution in [-0.4, -0.2) is 9.78 Å². The Bertz CT molecular complexity index is 722. The Kier molecular flexibility index (Phi) is 3.69. The van der Waals surface area contributed by atoms with Crippen LogP contribution in [0.4, 0.5) is 10.1 Å². The number of hydrogen-bond donors (Lipinski definition) is 1. The maximum atomic E-state index is 13.9. The topological polar surface area (TPSA) is 29.9 Å². The molecule has 1 atom stereocenters. The fourth-order valence-corrected chi connectivity index (χ4v) is 2.34. The number of rotatable bonds is 4. The van der Waals surface area contributed by atoms with E-state index in [1.165, 1.54) is 6.07 Å². The highest BCUT2D eigenvalue weighted by Crippen LogP contribution is 2.25. The minimum Gasteiger partial charge on any atom is -0.377 e. The molecule has 0 fully saturated rings. The average molecular weight is 281 g/mol. The van der Waals surface area contributed by atoms with E-state index in [-0.39, 0.29) is 11.9 Å². The van der Waals surface area contributed by atoms with Gasteiger partial charge in [0.25, 0.3) is 0 Å². The molecule has 0 aliphatic rings. The predicted octanol–water partition coefficient (Wildman–Crippen LogP) is 4.18. The Balaban J connectivity index is 1.91. The van der Waals surface area contributed by atoms with Crippen molar-refractivity contribution in [2.24, 2.45) is 0 Å². The lowest BCUT2D eigenvalue weighted by atomic mass is 10.1. The Labute approximate surface area is 123 Å². The Hall–Kier alpha value is -2.62. The minimum absolute atomic E-state index is 0.136. The third kappa shape index (κ3) is 2.79. The van der Waals surface area contributed by atoms with Gasteiger partial charge in [0.05, 0.1) is 17.4 Å². The van der Waals surface area contributed by atoms with Crippen molar-refractivity contribution in [2.75, 3.05) is 5.32 Å². The van der Waals surface area contributed by atoms with Crippen LogP contribution in [0.5, 0.6) is 0 Å². The minimum atomic E-state index is -0.200. The number of nitrogens with zero attached hydrogens (tertiary/aromatic N) is 2. The molecule has 0 bridgehead atoms.